The van der Waals surface area contributed by atoms with Crippen LogP contribution in [-0.2, 0) is 11.2 Å². The molecule has 5 heteroatoms. The van der Waals surface area contributed by atoms with Crippen molar-refractivity contribution in [1.29, 1.82) is 0 Å². The van der Waals surface area contributed by atoms with Crippen molar-refractivity contribution in [2.75, 3.05) is 13.7 Å². The van der Waals surface area contributed by atoms with Crippen LogP contribution in [0.2, 0.25) is 0 Å². The summed E-state index contributed by atoms with van der Waals surface area (Å²) in [6.07, 6.45) is 0.508. The van der Waals surface area contributed by atoms with Gasteiger partial charge in [0.05, 0.1) is 13.7 Å². The third kappa shape index (κ3) is 4.60. The Morgan fingerprint density at radius 1 is 1.18 bits per heavy atom. The van der Waals surface area contributed by atoms with E-state index in [1.54, 1.807) is 13.2 Å². The summed E-state index contributed by atoms with van der Waals surface area (Å²) in [5.41, 5.74) is 2.30. The molecule has 0 radical (unpaired) electrons. The molecule has 142 valence electrons. The van der Waals surface area contributed by atoms with E-state index in [1.165, 1.54) is 0 Å². The highest BCUT2D eigenvalue weighted by Gasteiger charge is 2.13. The van der Waals surface area contributed by atoms with E-state index in [0.717, 1.165) is 16.5 Å². The molecule has 0 atom stereocenters. The smallest absolute Gasteiger partial charge is 0.339 e. The number of rotatable bonds is 5. The zero-order valence-corrected chi connectivity index (χ0v) is 15.9. The zero-order chi connectivity index (χ0) is 19.9. The van der Waals surface area contributed by atoms with Crippen molar-refractivity contribution in [3.8, 4) is 17.6 Å². The summed E-state index contributed by atoms with van der Waals surface area (Å²) in [4.78, 5) is 24.4. The van der Waals surface area contributed by atoms with E-state index >= 15 is 0 Å². The van der Waals surface area contributed by atoms with Crippen LogP contribution in [-0.4, -0.2) is 19.6 Å². The fraction of sp³-hybridized carbons (Fsp3) is 0.217. The second-order valence-corrected chi connectivity index (χ2v) is 6.30. The van der Waals surface area contributed by atoms with E-state index in [4.69, 9.17) is 9.15 Å². The first kappa shape index (κ1) is 19.2. The molecule has 3 rings (SSSR count). The molecule has 1 amide bonds. The van der Waals surface area contributed by atoms with Crippen LogP contribution in [0.4, 0.5) is 0 Å². The molecule has 1 heterocycles. The summed E-state index contributed by atoms with van der Waals surface area (Å²) in [6, 6.07) is 14.9. The highest BCUT2D eigenvalue weighted by molar-refractivity contribution is 5.82. The fourth-order valence-electron chi connectivity index (χ4n) is 2.93. The van der Waals surface area contributed by atoms with Gasteiger partial charge >= 0.3 is 5.63 Å². The predicted octanol–water partition coefficient (Wildman–Crippen LogP) is 3.21. The van der Waals surface area contributed by atoms with Gasteiger partial charge in [0.25, 0.3) is 0 Å². The maximum atomic E-state index is 12.3. The number of benzene rings is 2. The van der Waals surface area contributed by atoms with Gasteiger partial charge in [0.1, 0.15) is 11.3 Å². The van der Waals surface area contributed by atoms with Gasteiger partial charge < -0.3 is 14.5 Å². The number of carbonyl (C=O) groups excluding carboxylic acids is 1. The minimum atomic E-state index is -0.421. The van der Waals surface area contributed by atoms with Crippen molar-refractivity contribution < 1.29 is 13.9 Å². The molecule has 0 aliphatic heterocycles. The van der Waals surface area contributed by atoms with Gasteiger partial charge in [0.15, 0.2) is 0 Å². The van der Waals surface area contributed by atoms with Crippen molar-refractivity contribution in [2.24, 2.45) is 0 Å². The van der Waals surface area contributed by atoms with E-state index in [9.17, 15) is 9.59 Å². The second-order valence-electron chi connectivity index (χ2n) is 6.30. The Morgan fingerprint density at radius 3 is 2.71 bits per heavy atom. The molecule has 3 aromatic rings. The molecular weight excluding hydrogens is 354 g/mol. The molecular formula is C23H21NO4. The lowest BCUT2D eigenvalue weighted by atomic mass is 10.0. The lowest BCUT2D eigenvalue weighted by molar-refractivity contribution is -0.120. The summed E-state index contributed by atoms with van der Waals surface area (Å²) in [5.74, 6) is 6.36. The zero-order valence-electron chi connectivity index (χ0n) is 15.9. The Hall–Kier alpha value is -3.52. The molecule has 0 bridgehead atoms. The number of nitrogens with one attached hydrogen (secondary N) is 1. The maximum Gasteiger partial charge on any atom is 0.339 e. The Morgan fingerprint density at radius 2 is 1.96 bits per heavy atom. The fourth-order valence-corrected chi connectivity index (χ4v) is 2.93. The van der Waals surface area contributed by atoms with E-state index in [-0.39, 0.29) is 18.9 Å². The minimum Gasteiger partial charge on any atom is -0.497 e. The maximum absolute atomic E-state index is 12.3. The SMILES string of the molecule is COc1ccc2c(C)c(CCC(=O)NCC#Cc3ccccc3)c(=O)oc2c1. The predicted molar refractivity (Wildman–Crippen MR) is 108 cm³/mol. The average molecular weight is 375 g/mol. The van der Waals surface area contributed by atoms with Gasteiger partial charge in [-0.05, 0) is 43.2 Å². The number of aryl methyl sites for hydroxylation is 1. The molecule has 0 saturated carbocycles. The second kappa shape index (κ2) is 8.92. The molecule has 28 heavy (non-hydrogen) atoms. The van der Waals surface area contributed by atoms with Gasteiger partial charge in [0.2, 0.25) is 5.91 Å². The van der Waals surface area contributed by atoms with Crippen LogP contribution in [0.3, 0.4) is 0 Å². The normalized spacial score (nSPS) is 10.2. The van der Waals surface area contributed by atoms with Crippen LogP contribution in [0.1, 0.15) is 23.1 Å². The number of hydrogen-bond acceptors (Lipinski definition) is 4. The van der Waals surface area contributed by atoms with E-state index < -0.39 is 5.63 Å². The molecule has 1 N–H and O–H groups in total. The van der Waals surface area contributed by atoms with Crippen LogP contribution in [0.5, 0.6) is 5.75 Å². The molecule has 0 aliphatic carbocycles. The molecule has 0 unspecified atom stereocenters. The van der Waals surface area contributed by atoms with Crippen LogP contribution in [0.15, 0.2) is 57.7 Å². The summed E-state index contributed by atoms with van der Waals surface area (Å²) in [7, 11) is 1.56. The lowest BCUT2D eigenvalue weighted by Crippen LogP contribution is -2.24. The van der Waals surface area contributed by atoms with Gasteiger partial charge in [-0.1, -0.05) is 30.0 Å². The number of hydrogen-bond donors (Lipinski definition) is 1. The Bertz CT molecular complexity index is 1100. The van der Waals surface area contributed by atoms with Crippen molar-refractivity contribution in [3.63, 3.8) is 0 Å². The number of ether oxygens (including phenoxy) is 1. The number of methoxy groups -OCH3 is 1. The number of fused-ring (bicyclic) bond motifs is 1. The van der Waals surface area contributed by atoms with Crippen LogP contribution in [0.25, 0.3) is 11.0 Å². The van der Waals surface area contributed by atoms with Crippen molar-refractivity contribution in [1.82, 2.24) is 5.32 Å². The molecule has 0 aliphatic rings. The largest absolute Gasteiger partial charge is 0.497 e. The first-order chi connectivity index (χ1) is 13.6. The Labute approximate surface area is 163 Å². The van der Waals surface area contributed by atoms with Crippen molar-refractivity contribution >= 4 is 16.9 Å². The highest BCUT2D eigenvalue weighted by Crippen LogP contribution is 2.24. The van der Waals surface area contributed by atoms with Crippen LogP contribution >= 0.6 is 0 Å². The Kier molecular flexibility index (Phi) is 6.13. The average Bonchev–Trinajstić information content (AvgIpc) is 2.71. The van der Waals surface area contributed by atoms with Gasteiger partial charge in [-0.15, -0.1) is 0 Å². The third-order valence-electron chi connectivity index (χ3n) is 4.48. The molecule has 2 aromatic carbocycles. The quantitative estimate of drug-likeness (QED) is 0.549. The summed E-state index contributed by atoms with van der Waals surface area (Å²) < 4.78 is 10.6. The summed E-state index contributed by atoms with van der Waals surface area (Å²) in [5, 5.41) is 3.59. The number of carbonyl (C=O) groups is 1. The van der Waals surface area contributed by atoms with E-state index in [1.807, 2.05) is 49.4 Å². The molecule has 0 spiro atoms. The molecule has 5 nitrogen and oxygen atoms in total. The van der Waals surface area contributed by atoms with Crippen LogP contribution in [0, 0.1) is 18.8 Å². The summed E-state index contributed by atoms with van der Waals surface area (Å²) >= 11 is 0. The monoisotopic (exact) mass is 375 g/mol. The van der Waals surface area contributed by atoms with Gasteiger partial charge in [-0.2, -0.15) is 0 Å². The van der Waals surface area contributed by atoms with Crippen LogP contribution < -0.4 is 15.7 Å². The molecule has 0 fully saturated rings. The third-order valence-corrected chi connectivity index (χ3v) is 4.48. The van der Waals surface area contributed by atoms with Gasteiger partial charge in [-0.25, -0.2) is 4.79 Å². The molecule has 1 aromatic heterocycles. The van der Waals surface area contributed by atoms with Crippen molar-refractivity contribution in [2.45, 2.75) is 19.8 Å². The highest BCUT2D eigenvalue weighted by atomic mass is 16.5. The lowest BCUT2D eigenvalue weighted by Gasteiger charge is -2.08. The summed E-state index contributed by atoms with van der Waals surface area (Å²) in [6.45, 7) is 2.13. The van der Waals surface area contributed by atoms with Gasteiger partial charge in [-0.3, -0.25) is 4.79 Å². The minimum absolute atomic E-state index is 0.156. The first-order valence-electron chi connectivity index (χ1n) is 8.99. The first-order valence-corrected chi connectivity index (χ1v) is 8.99. The topological polar surface area (TPSA) is 68.5 Å². The standard InChI is InChI=1S/C23H21NO4/c1-16-19-11-10-18(27-2)15-21(19)28-23(26)20(16)12-13-22(25)24-14-6-9-17-7-4-3-5-8-17/h3-5,7-8,10-11,15H,12-14H2,1-2H3,(H,24,25). The van der Waals surface area contributed by atoms with E-state index in [0.29, 0.717) is 23.3 Å². The molecule has 0 saturated heterocycles. The van der Waals surface area contributed by atoms with Crippen molar-refractivity contribution in [3.05, 3.63) is 75.6 Å². The van der Waals surface area contributed by atoms with E-state index in [2.05, 4.69) is 17.2 Å². The van der Waals surface area contributed by atoms with Gasteiger partial charge in [0, 0.05) is 29.0 Å². The number of amides is 1. The Balaban J connectivity index is 1.62.